The van der Waals surface area contributed by atoms with Gasteiger partial charge in [-0.3, -0.25) is 5.43 Å². The smallest absolute Gasteiger partial charge is 0.158 e. The number of rotatable bonds is 4. The molecule has 21 heavy (non-hydrogen) atoms. The zero-order valence-electron chi connectivity index (χ0n) is 11.3. The molecule has 2 rings (SSSR count). The van der Waals surface area contributed by atoms with E-state index in [0.717, 1.165) is 0 Å². The van der Waals surface area contributed by atoms with E-state index in [1.54, 1.807) is 13.0 Å². The van der Waals surface area contributed by atoms with E-state index in [0.29, 0.717) is 26.9 Å². The first-order valence-corrected chi connectivity index (χ1v) is 7.83. The molecule has 0 saturated carbocycles. The van der Waals surface area contributed by atoms with Crippen molar-refractivity contribution >= 4 is 34.0 Å². The summed E-state index contributed by atoms with van der Waals surface area (Å²) >= 11 is 2.57. The fourth-order valence-corrected chi connectivity index (χ4v) is 2.95. The van der Waals surface area contributed by atoms with Crippen molar-refractivity contribution in [3.8, 4) is 17.6 Å². The van der Waals surface area contributed by atoms with Crippen LogP contribution in [-0.4, -0.2) is 26.6 Å². The molecule has 0 radical (unpaired) electrons. The summed E-state index contributed by atoms with van der Waals surface area (Å²) in [5.74, 6) is -0.388. The largest absolute Gasteiger partial charge is 0.504 e. The Morgan fingerprint density at radius 2 is 2.19 bits per heavy atom. The van der Waals surface area contributed by atoms with Crippen LogP contribution in [0.15, 0.2) is 28.3 Å². The van der Waals surface area contributed by atoms with Gasteiger partial charge >= 0.3 is 0 Å². The van der Waals surface area contributed by atoms with Crippen LogP contribution < -0.4 is 5.43 Å². The molecular weight excluding hydrogens is 308 g/mol. The van der Waals surface area contributed by atoms with Crippen molar-refractivity contribution in [1.82, 2.24) is 4.37 Å². The number of phenols is 2. The summed E-state index contributed by atoms with van der Waals surface area (Å²) in [7, 11) is 0. The summed E-state index contributed by atoms with van der Waals surface area (Å²) in [4.78, 5) is 0. The molecule has 2 aromatic rings. The molecule has 0 fully saturated rings. The highest BCUT2D eigenvalue weighted by molar-refractivity contribution is 7.98. The van der Waals surface area contributed by atoms with Crippen molar-refractivity contribution in [2.45, 2.75) is 11.9 Å². The second kappa shape index (κ2) is 6.47. The number of nitrogens with one attached hydrogen (secondary N) is 1. The third-order valence-corrected chi connectivity index (χ3v) is 4.23. The molecule has 0 bridgehead atoms. The second-order valence-corrected chi connectivity index (χ2v) is 5.59. The maximum Gasteiger partial charge on any atom is 0.158 e. The molecule has 0 aliphatic heterocycles. The molecule has 0 unspecified atom stereocenters. The van der Waals surface area contributed by atoms with Gasteiger partial charge in [0.2, 0.25) is 0 Å². The molecule has 0 aliphatic rings. The van der Waals surface area contributed by atoms with Gasteiger partial charge in [-0.25, -0.2) is 0 Å². The van der Waals surface area contributed by atoms with E-state index in [4.69, 9.17) is 5.26 Å². The van der Waals surface area contributed by atoms with E-state index in [1.807, 2.05) is 6.26 Å². The summed E-state index contributed by atoms with van der Waals surface area (Å²) in [5.41, 5.74) is 4.55. The minimum atomic E-state index is -0.206. The number of aromatic nitrogens is 1. The summed E-state index contributed by atoms with van der Waals surface area (Å²) < 4.78 is 4.16. The first-order chi connectivity index (χ1) is 10.1. The van der Waals surface area contributed by atoms with Crippen molar-refractivity contribution in [2.24, 2.45) is 5.10 Å². The fourth-order valence-electron chi connectivity index (χ4n) is 1.54. The first-order valence-electron chi connectivity index (χ1n) is 5.83. The van der Waals surface area contributed by atoms with Gasteiger partial charge in [0, 0.05) is 5.56 Å². The Kier molecular flexibility index (Phi) is 4.67. The van der Waals surface area contributed by atoms with E-state index in [1.165, 1.54) is 35.4 Å². The minimum absolute atomic E-state index is 0.182. The Labute approximate surface area is 129 Å². The van der Waals surface area contributed by atoms with Gasteiger partial charge in [-0.15, -0.1) is 11.8 Å². The number of anilines is 1. The average Bonchev–Trinajstić information content (AvgIpc) is 2.89. The topological polar surface area (TPSA) is 102 Å². The number of thioether (sulfide) groups is 1. The van der Waals surface area contributed by atoms with Gasteiger partial charge < -0.3 is 10.2 Å². The van der Waals surface area contributed by atoms with Crippen LogP contribution in [0.4, 0.5) is 5.00 Å². The van der Waals surface area contributed by atoms with Crippen LogP contribution in [0.25, 0.3) is 0 Å². The van der Waals surface area contributed by atoms with Gasteiger partial charge in [-0.1, -0.05) is 0 Å². The number of hydrogen-bond acceptors (Lipinski definition) is 8. The lowest BCUT2D eigenvalue weighted by molar-refractivity contribution is 0.403. The van der Waals surface area contributed by atoms with Crippen LogP contribution in [0, 0.1) is 11.3 Å². The predicted molar refractivity (Wildman–Crippen MR) is 84.2 cm³/mol. The van der Waals surface area contributed by atoms with E-state index >= 15 is 0 Å². The molecule has 8 heteroatoms. The Morgan fingerprint density at radius 3 is 2.81 bits per heavy atom. The van der Waals surface area contributed by atoms with Gasteiger partial charge in [0.25, 0.3) is 0 Å². The van der Waals surface area contributed by atoms with E-state index in [2.05, 4.69) is 21.0 Å². The monoisotopic (exact) mass is 320 g/mol. The first kappa shape index (κ1) is 15.2. The third-order valence-electron chi connectivity index (χ3n) is 2.68. The minimum Gasteiger partial charge on any atom is -0.504 e. The molecule has 0 atom stereocenters. The molecule has 1 heterocycles. The van der Waals surface area contributed by atoms with Gasteiger partial charge in [-0.2, -0.15) is 14.7 Å². The number of aromatic hydroxyl groups is 2. The van der Waals surface area contributed by atoms with Crippen molar-refractivity contribution in [2.75, 3.05) is 11.7 Å². The molecule has 0 amide bonds. The quantitative estimate of drug-likeness (QED) is 0.346. The standard InChI is InChI=1S/C13H12N4O2S2/c1-7(8-3-4-10(18)11(19)5-8)15-16-12-9(6-14)13(20-2)17-21-12/h3-5,16,18-19H,1-2H3/b15-7-. The molecule has 0 spiro atoms. The van der Waals surface area contributed by atoms with Crippen LogP contribution in [0.2, 0.25) is 0 Å². The molecule has 1 aromatic heterocycles. The van der Waals surface area contributed by atoms with Crippen LogP contribution in [0.1, 0.15) is 18.1 Å². The lowest BCUT2D eigenvalue weighted by Crippen LogP contribution is -1.99. The second-order valence-electron chi connectivity index (χ2n) is 4.02. The highest BCUT2D eigenvalue weighted by Crippen LogP contribution is 2.30. The Bertz CT molecular complexity index is 734. The summed E-state index contributed by atoms with van der Waals surface area (Å²) in [6, 6.07) is 6.55. The Balaban J connectivity index is 2.23. The molecule has 0 aliphatic carbocycles. The average molecular weight is 320 g/mol. The van der Waals surface area contributed by atoms with Crippen molar-refractivity contribution in [3.63, 3.8) is 0 Å². The molecule has 0 saturated heterocycles. The molecule has 1 aromatic carbocycles. The summed E-state index contributed by atoms with van der Waals surface area (Å²) in [6.45, 7) is 1.75. The maximum absolute atomic E-state index is 9.47. The highest BCUT2D eigenvalue weighted by Gasteiger charge is 2.12. The number of nitriles is 1. The van der Waals surface area contributed by atoms with Crippen molar-refractivity contribution < 1.29 is 10.2 Å². The molecule has 3 N–H and O–H groups in total. The number of benzene rings is 1. The number of phenolic OH excluding ortho intramolecular Hbond substituents is 2. The van der Waals surface area contributed by atoms with E-state index in [-0.39, 0.29) is 11.5 Å². The zero-order chi connectivity index (χ0) is 15.4. The van der Waals surface area contributed by atoms with Gasteiger partial charge in [0.05, 0.1) is 5.71 Å². The van der Waals surface area contributed by atoms with Crippen LogP contribution >= 0.6 is 23.3 Å². The van der Waals surface area contributed by atoms with Crippen LogP contribution in [0.5, 0.6) is 11.5 Å². The van der Waals surface area contributed by atoms with E-state index in [9.17, 15) is 10.2 Å². The molecule has 108 valence electrons. The third kappa shape index (κ3) is 3.26. The predicted octanol–water partition coefficient (Wildman–Crippen LogP) is 2.98. The molecular formula is C13H12N4O2S2. The van der Waals surface area contributed by atoms with Crippen LogP contribution in [-0.2, 0) is 0 Å². The van der Waals surface area contributed by atoms with Crippen molar-refractivity contribution in [1.29, 1.82) is 5.26 Å². The summed E-state index contributed by atoms with van der Waals surface area (Å²) in [5, 5.41) is 33.3. The van der Waals surface area contributed by atoms with E-state index < -0.39 is 0 Å². The SMILES string of the molecule is CSc1nsc(N/N=C(/C)c2ccc(O)c(O)c2)c1C#N. The highest BCUT2D eigenvalue weighted by atomic mass is 32.2. The zero-order valence-corrected chi connectivity index (χ0v) is 12.9. The number of hydrogen-bond donors (Lipinski definition) is 3. The number of hydrazone groups is 1. The Hall–Kier alpha value is -2.24. The maximum atomic E-state index is 9.47. The number of nitrogens with zero attached hydrogens (tertiary/aromatic N) is 3. The van der Waals surface area contributed by atoms with Crippen LogP contribution in [0.3, 0.4) is 0 Å². The fraction of sp³-hybridized carbons (Fsp3) is 0.154. The summed E-state index contributed by atoms with van der Waals surface area (Å²) in [6.07, 6.45) is 1.85. The van der Waals surface area contributed by atoms with Gasteiger partial charge in [-0.05, 0) is 42.9 Å². The van der Waals surface area contributed by atoms with Crippen molar-refractivity contribution in [3.05, 3.63) is 29.3 Å². The lowest BCUT2D eigenvalue weighted by atomic mass is 10.1. The normalized spacial score (nSPS) is 11.2. The lowest BCUT2D eigenvalue weighted by Gasteiger charge is -2.04. The molecule has 6 nitrogen and oxygen atoms in total. The Morgan fingerprint density at radius 1 is 1.43 bits per heavy atom. The van der Waals surface area contributed by atoms with Gasteiger partial charge in [0.1, 0.15) is 21.7 Å². The van der Waals surface area contributed by atoms with Gasteiger partial charge in [0.15, 0.2) is 11.5 Å².